The van der Waals surface area contributed by atoms with Crippen molar-refractivity contribution in [2.75, 3.05) is 13.1 Å². The van der Waals surface area contributed by atoms with Crippen LogP contribution in [-0.4, -0.2) is 34.9 Å². The van der Waals surface area contributed by atoms with Gasteiger partial charge in [-0.2, -0.15) is 0 Å². The molecule has 0 radical (unpaired) electrons. The number of aliphatic hydroxyl groups is 1. The Morgan fingerprint density at radius 2 is 2.06 bits per heavy atom. The highest BCUT2D eigenvalue weighted by molar-refractivity contribution is 5.80. The van der Waals surface area contributed by atoms with Crippen LogP contribution < -0.4 is 5.32 Å². The van der Waals surface area contributed by atoms with E-state index in [1.165, 1.54) is 6.08 Å². The van der Waals surface area contributed by atoms with Crippen LogP contribution in [-0.2, 0) is 4.79 Å². The molecule has 0 spiro atoms. The van der Waals surface area contributed by atoms with Gasteiger partial charge in [-0.05, 0) is 38.5 Å². The van der Waals surface area contributed by atoms with Crippen LogP contribution >= 0.6 is 0 Å². The number of carboxylic acids is 1. The van der Waals surface area contributed by atoms with E-state index in [4.69, 9.17) is 5.11 Å². The van der Waals surface area contributed by atoms with Gasteiger partial charge < -0.3 is 15.5 Å². The fourth-order valence-electron chi connectivity index (χ4n) is 2.23. The van der Waals surface area contributed by atoms with Crippen molar-refractivity contribution in [1.29, 1.82) is 0 Å². The molecule has 17 heavy (non-hydrogen) atoms. The minimum atomic E-state index is -0.922. The normalized spacial score (nSPS) is 30.3. The summed E-state index contributed by atoms with van der Waals surface area (Å²) >= 11 is 0. The van der Waals surface area contributed by atoms with Crippen molar-refractivity contribution in [3.8, 4) is 0 Å². The zero-order valence-electron chi connectivity index (χ0n) is 10.7. The van der Waals surface area contributed by atoms with Crippen LogP contribution in [0.15, 0.2) is 11.6 Å². The van der Waals surface area contributed by atoms with Crippen LogP contribution in [0.2, 0.25) is 0 Å². The zero-order valence-corrected chi connectivity index (χ0v) is 10.7. The minimum absolute atomic E-state index is 0.518. The molecule has 98 valence electrons. The maximum absolute atomic E-state index is 10.4. The molecule has 0 unspecified atom stereocenters. The summed E-state index contributed by atoms with van der Waals surface area (Å²) in [6, 6.07) is 0. The second-order valence-electron chi connectivity index (χ2n) is 5.34. The van der Waals surface area contributed by atoms with Gasteiger partial charge in [0.1, 0.15) is 0 Å². The van der Waals surface area contributed by atoms with Crippen LogP contribution in [0.25, 0.3) is 0 Å². The molecule has 0 aliphatic heterocycles. The number of aliphatic carboxylic acids is 1. The van der Waals surface area contributed by atoms with E-state index in [1.54, 1.807) is 6.92 Å². The minimum Gasteiger partial charge on any atom is -0.478 e. The van der Waals surface area contributed by atoms with Crippen LogP contribution in [0.3, 0.4) is 0 Å². The Hall–Kier alpha value is -0.870. The van der Waals surface area contributed by atoms with E-state index >= 15 is 0 Å². The quantitative estimate of drug-likeness (QED) is 0.639. The zero-order chi connectivity index (χ0) is 12.9. The molecule has 4 nitrogen and oxygen atoms in total. The predicted molar refractivity (Wildman–Crippen MR) is 66.8 cm³/mol. The maximum atomic E-state index is 10.4. The van der Waals surface area contributed by atoms with Gasteiger partial charge in [0.25, 0.3) is 0 Å². The summed E-state index contributed by atoms with van der Waals surface area (Å²) in [6.07, 6.45) is 5.01. The number of carbonyl (C=O) groups is 1. The topological polar surface area (TPSA) is 69.6 Å². The average molecular weight is 241 g/mol. The summed E-state index contributed by atoms with van der Waals surface area (Å²) < 4.78 is 0. The molecule has 0 amide bonds. The van der Waals surface area contributed by atoms with Crippen molar-refractivity contribution in [3.05, 3.63) is 11.6 Å². The van der Waals surface area contributed by atoms with Crippen molar-refractivity contribution >= 4 is 5.97 Å². The second-order valence-corrected chi connectivity index (χ2v) is 5.34. The van der Waals surface area contributed by atoms with Gasteiger partial charge in [0.2, 0.25) is 0 Å². The maximum Gasteiger partial charge on any atom is 0.328 e. The first-order chi connectivity index (χ1) is 7.91. The molecule has 1 aliphatic rings. The molecule has 1 saturated carbocycles. The van der Waals surface area contributed by atoms with Gasteiger partial charge in [0, 0.05) is 19.2 Å². The third kappa shape index (κ3) is 5.33. The largest absolute Gasteiger partial charge is 0.478 e. The van der Waals surface area contributed by atoms with Crippen LogP contribution in [0.5, 0.6) is 0 Å². The molecule has 1 aliphatic carbocycles. The smallest absolute Gasteiger partial charge is 0.328 e. The van der Waals surface area contributed by atoms with Gasteiger partial charge in [-0.1, -0.05) is 12.5 Å². The third-order valence-corrected chi connectivity index (χ3v) is 3.43. The summed E-state index contributed by atoms with van der Waals surface area (Å²) in [5, 5.41) is 22.0. The van der Waals surface area contributed by atoms with Crippen molar-refractivity contribution in [2.45, 2.75) is 45.1 Å². The Balaban J connectivity index is 2.28. The molecule has 4 heteroatoms. The second kappa shape index (κ2) is 6.17. The monoisotopic (exact) mass is 241 g/mol. The van der Waals surface area contributed by atoms with E-state index in [9.17, 15) is 9.90 Å². The SMILES string of the molecule is CC(=CC(=O)O)CNCC1(O)CCC(C)CC1. The van der Waals surface area contributed by atoms with E-state index in [0.717, 1.165) is 31.3 Å². The van der Waals surface area contributed by atoms with Gasteiger partial charge in [0.15, 0.2) is 0 Å². The van der Waals surface area contributed by atoms with Gasteiger partial charge in [-0.25, -0.2) is 4.79 Å². The number of nitrogens with one attached hydrogen (secondary N) is 1. The lowest BCUT2D eigenvalue weighted by Gasteiger charge is -2.35. The molecule has 1 rings (SSSR count). The molecular formula is C13H23NO3. The Bertz CT molecular complexity index is 291. The highest BCUT2D eigenvalue weighted by Crippen LogP contribution is 2.31. The standard InChI is InChI=1S/C13H23NO3/c1-10-3-5-13(17,6-4-10)9-14-8-11(2)7-12(15)16/h7,10,14,17H,3-6,8-9H2,1-2H3,(H,15,16). The Labute approximate surface area is 103 Å². The Kier molecular flexibility index (Phi) is 5.15. The predicted octanol–water partition coefficient (Wildman–Crippen LogP) is 1.55. The first kappa shape index (κ1) is 14.2. The first-order valence-corrected chi connectivity index (χ1v) is 6.24. The van der Waals surface area contributed by atoms with E-state index in [2.05, 4.69) is 12.2 Å². The van der Waals surface area contributed by atoms with Crippen LogP contribution in [0.4, 0.5) is 0 Å². The van der Waals surface area contributed by atoms with E-state index in [0.29, 0.717) is 19.0 Å². The number of hydrogen-bond acceptors (Lipinski definition) is 3. The molecule has 1 fully saturated rings. The van der Waals surface area contributed by atoms with Crippen molar-refractivity contribution < 1.29 is 15.0 Å². The van der Waals surface area contributed by atoms with Gasteiger partial charge >= 0.3 is 5.97 Å². The summed E-state index contributed by atoms with van der Waals surface area (Å²) in [4.78, 5) is 10.4. The third-order valence-electron chi connectivity index (χ3n) is 3.43. The van der Waals surface area contributed by atoms with Gasteiger partial charge in [0.05, 0.1) is 5.60 Å². The summed E-state index contributed by atoms with van der Waals surface area (Å²) in [7, 11) is 0. The molecular weight excluding hydrogens is 218 g/mol. The van der Waals surface area contributed by atoms with E-state index in [-0.39, 0.29) is 0 Å². The first-order valence-electron chi connectivity index (χ1n) is 6.24. The molecule has 0 saturated heterocycles. The molecule has 3 N–H and O–H groups in total. The summed E-state index contributed by atoms with van der Waals surface area (Å²) in [6.45, 7) is 5.05. The average Bonchev–Trinajstić information content (AvgIpc) is 2.22. The lowest BCUT2D eigenvalue weighted by Crippen LogP contribution is -2.43. The van der Waals surface area contributed by atoms with Crippen LogP contribution in [0.1, 0.15) is 39.5 Å². The van der Waals surface area contributed by atoms with E-state index in [1.807, 2.05) is 0 Å². The molecule has 0 atom stereocenters. The highest BCUT2D eigenvalue weighted by atomic mass is 16.4. The van der Waals surface area contributed by atoms with E-state index < -0.39 is 11.6 Å². The number of carboxylic acid groups (broad SMARTS) is 1. The lowest BCUT2D eigenvalue weighted by atomic mass is 9.79. The fraction of sp³-hybridized carbons (Fsp3) is 0.769. The number of hydrogen-bond donors (Lipinski definition) is 3. The van der Waals surface area contributed by atoms with Crippen LogP contribution in [0, 0.1) is 5.92 Å². The van der Waals surface area contributed by atoms with Crippen molar-refractivity contribution in [3.63, 3.8) is 0 Å². The molecule has 0 heterocycles. The number of rotatable bonds is 5. The molecule has 0 aromatic rings. The Morgan fingerprint density at radius 1 is 1.47 bits per heavy atom. The fourth-order valence-corrected chi connectivity index (χ4v) is 2.23. The molecule has 0 aromatic heterocycles. The Morgan fingerprint density at radius 3 is 2.59 bits per heavy atom. The summed E-state index contributed by atoms with van der Waals surface area (Å²) in [5.74, 6) is -0.210. The van der Waals surface area contributed by atoms with Gasteiger partial charge in [-0.3, -0.25) is 0 Å². The van der Waals surface area contributed by atoms with Crippen molar-refractivity contribution in [1.82, 2.24) is 5.32 Å². The van der Waals surface area contributed by atoms with Crippen molar-refractivity contribution in [2.24, 2.45) is 5.92 Å². The van der Waals surface area contributed by atoms with Gasteiger partial charge in [-0.15, -0.1) is 0 Å². The molecule has 0 bridgehead atoms. The molecule has 0 aromatic carbocycles. The lowest BCUT2D eigenvalue weighted by molar-refractivity contribution is -0.131. The highest BCUT2D eigenvalue weighted by Gasteiger charge is 2.31. The summed E-state index contributed by atoms with van der Waals surface area (Å²) in [5.41, 5.74) is 0.168.